The van der Waals surface area contributed by atoms with Crippen LogP contribution >= 0.6 is 12.2 Å². The molecule has 2 amide bonds. The zero-order chi connectivity index (χ0) is 18.7. The maximum Gasteiger partial charge on any atom is 0.266 e. The first-order valence-electron chi connectivity index (χ1n) is 7.93. The summed E-state index contributed by atoms with van der Waals surface area (Å²) in [6.45, 7) is 7.82. The Balaban J connectivity index is 1.88. The predicted molar refractivity (Wildman–Crippen MR) is 106 cm³/mol. The molecule has 2 N–H and O–H groups in total. The molecule has 0 aliphatic carbocycles. The van der Waals surface area contributed by atoms with E-state index < -0.39 is 11.8 Å². The lowest BCUT2D eigenvalue weighted by Gasteiger charge is -2.28. The molecule has 0 spiro atoms. The number of rotatable bonds is 5. The summed E-state index contributed by atoms with van der Waals surface area (Å²) in [5, 5.41) is 2.68. The average molecular weight is 363 g/mol. The molecule has 26 heavy (non-hydrogen) atoms. The molecular weight excluding hydrogens is 346 g/mol. The fourth-order valence-corrected chi connectivity index (χ4v) is 2.79. The maximum atomic E-state index is 12.8. The van der Waals surface area contributed by atoms with Crippen molar-refractivity contribution in [3.63, 3.8) is 0 Å². The van der Waals surface area contributed by atoms with E-state index in [1.165, 1.54) is 11.0 Å². The molecule has 5 nitrogen and oxygen atoms in total. The third-order valence-electron chi connectivity index (χ3n) is 3.97. The number of amides is 2. The number of allylic oxidation sites excluding steroid dienone is 2. The van der Waals surface area contributed by atoms with Gasteiger partial charge < -0.3 is 4.98 Å². The highest BCUT2D eigenvalue weighted by Gasteiger charge is 2.33. The van der Waals surface area contributed by atoms with Crippen molar-refractivity contribution < 1.29 is 9.59 Å². The number of hydrogen-bond donors (Lipinski definition) is 2. The Bertz CT molecular complexity index is 941. The molecule has 2 heterocycles. The highest BCUT2D eigenvalue weighted by Crippen LogP contribution is 2.19. The second kappa shape index (κ2) is 7.33. The van der Waals surface area contributed by atoms with Gasteiger partial charge in [-0.1, -0.05) is 49.6 Å². The second-order valence-electron chi connectivity index (χ2n) is 5.75. The quantitative estimate of drug-likeness (QED) is 0.371. The Hall–Kier alpha value is -3.25. The third kappa shape index (κ3) is 3.55. The first-order chi connectivity index (χ1) is 12.5. The third-order valence-corrected chi connectivity index (χ3v) is 4.29. The van der Waals surface area contributed by atoms with Crippen molar-refractivity contribution >= 4 is 40.8 Å². The maximum absolute atomic E-state index is 12.8. The Morgan fingerprint density at radius 1 is 1.15 bits per heavy atom. The van der Waals surface area contributed by atoms with Crippen LogP contribution in [0, 0.1) is 0 Å². The lowest BCUT2D eigenvalue weighted by atomic mass is 10.1. The smallest absolute Gasteiger partial charge is 0.266 e. The molecular formula is C20H17N3O2S. The van der Waals surface area contributed by atoms with Gasteiger partial charge in [-0.3, -0.25) is 19.8 Å². The molecule has 1 aliphatic rings. The summed E-state index contributed by atoms with van der Waals surface area (Å²) >= 11 is 5.17. The molecule has 0 bridgehead atoms. The highest BCUT2D eigenvalue weighted by molar-refractivity contribution is 7.80. The van der Waals surface area contributed by atoms with E-state index in [2.05, 4.69) is 23.5 Å². The normalized spacial score (nSPS) is 15.9. The number of aromatic nitrogens is 1. The summed E-state index contributed by atoms with van der Waals surface area (Å²) < 4.78 is 0. The molecule has 0 saturated carbocycles. The summed E-state index contributed by atoms with van der Waals surface area (Å²) in [7, 11) is 0. The van der Waals surface area contributed by atoms with E-state index in [9.17, 15) is 9.59 Å². The van der Waals surface area contributed by atoms with Crippen molar-refractivity contribution in [2.45, 2.75) is 6.54 Å². The molecule has 0 unspecified atom stereocenters. The van der Waals surface area contributed by atoms with Gasteiger partial charge >= 0.3 is 0 Å². The van der Waals surface area contributed by atoms with Crippen molar-refractivity contribution in [3.8, 4) is 0 Å². The topological polar surface area (TPSA) is 65.2 Å². The monoisotopic (exact) mass is 363 g/mol. The molecule has 130 valence electrons. The largest absolute Gasteiger partial charge is 0.355 e. The van der Waals surface area contributed by atoms with Crippen LogP contribution in [0.2, 0.25) is 0 Å². The SMILES string of the molecule is C=CC(=C)c1ccc(/C=C2\C(=O)NC(=S)N(Cc3ccccc3)C2=O)[nH]1. The van der Waals surface area contributed by atoms with Gasteiger partial charge in [0.15, 0.2) is 5.11 Å². The van der Waals surface area contributed by atoms with Crippen LogP contribution in [0.15, 0.2) is 67.3 Å². The minimum atomic E-state index is -0.511. The van der Waals surface area contributed by atoms with E-state index in [-0.39, 0.29) is 10.7 Å². The van der Waals surface area contributed by atoms with Gasteiger partial charge in [-0.05, 0) is 41.6 Å². The van der Waals surface area contributed by atoms with Gasteiger partial charge in [-0.2, -0.15) is 0 Å². The summed E-state index contributed by atoms with van der Waals surface area (Å²) in [5.74, 6) is -0.940. The van der Waals surface area contributed by atoms with Crippen molar-refractivity contribution in [1.82, 2.24) is 15.2 Å². The first kappa shape index (κ1) is 17.6. The minimum absolute atomic E-state index is 0.0205. The number of aromatic amines is 1. The molecule has 6 heteroatoms. The summed E-state index contributed by atoms with van der Waals surface area (Å²) in [6, 6.07) is 13.0. The molecule has 1 fully saturated rings. The lowest BCUT2D eigenvalue weighted by Crippen LogP contribution is -2.53. The van der Waals surface area contributed by atoms with Gasteiger partial charge in [0.05, 0.1) is 6.54 Å². The number of nitrogens with zero attached hydrogens (tertiary/aromatic N) is 1. The Morgan fingerprint density at radius 3 is 2.58 bits per heavy atom. The predicted octanol–water partition coefficient (Wildman–Crippen LogP) is 3.04. The zero-order valence-electron chi connectivity index (χ0n) is 14.0. The van der Waals surface area contributed by atoms with Crippen molar-refractivity contribution in [3.05, 3.63) is 84.2 Å². The van der Waals surface area contributed by atoms with Crippen molar-refractivity contribution in [1.29, 1.82) is 0 Å². The summed E-state index contributed by atoms with van der Waals surface area (Å²) in [4.78, 5) is 29.5. The fraction of sp³-hybridized carbons (Fsp3) is 0.0500. The molecule has 2 aromatic rings. The van der Waals surface area contributed by atoms with Crippen molar-refractivity contribution in [2.75, 3.05) is 0 Å². The minimum Gasteiger partial charge on any atom is -0.355 e. The van der Waals surface area contributed by atoms with E-state index in [1.54, 1.807) is 12.1 Å². The number of hydrogen-bond acceptors (Lipinski definition) is 3. The molecule has 0 radical (unpaired) electrons. The molecule has 1 aliphatic heterocycles. The number of carbonyl (C=O) groups excluding carboxylic acids is 2. The van der Waals surface area contributed by atoms with Crippen LogP contribution in [0.3, 0.4) is 0 Å². The zero-order valence-corrected chi connectivity index (χ0v) is 14.8. The van der Waals surface area contributed by atoms with E-state index in [0.717, 1.165) is 16.8 Å². The first-order valence-corrected chi connectivity index (χ1v) is 8.34. The Kier molecular flexibility index (Phi) is 4.95. The molecule has 0 atom stereocenters. The van der Waals surface area contributed by atoms with E-state index in [4.69, 9.17) is 12.2 Å². The molecule has 1 aromatic carbocycles. The number of benzene rings is 1. The molecule has 3 rings (SSSR count). The average Bonchev–Trinajstić information content (AvgIpc) is 3.11. The van der Waals surface area contributed by atoms with E-state index in [1.807, 2.05) is 36.4 Å². The number of H-pyrrole nitrogens is 1. The molecule has 1 saturated heterocycles. The van der Waals surface area contributed by atoms with Crippen LogP contribution in [0.1, 0.15) is 17.0 Å². The van der Waals surface area contributed by atoms with Gasteiger partial charge in [-0.25, -0.2) is 0 Å². The van der Waals surface area contributed by atoms with Crippen LogP contribution in [0.5, 0.6) is 0 Å². The Labute approximate surface area is 156 Å². The lowest BCUT2D eigenvalue weighted by molar-refractivity contribution is -0.129. The van der Waals surface area contributed by atoms with Crippen molar-refractivity contribution in [2.24, 2.45) is 0 Å². The van der Waals surface area contributed by atoms with Crippen LogP contribution in [0.4, 0.5) is 0 Å². The van der Waals surface area contributed by atoms with Gasteiger partial charge in [0, 0.05) is 11.4 Å². The van der Waals surface area contributed by atoms with Crippen LogP contribution in [0.25, 0.3) is 11.6 Å². The van der Waals surface area contributed by atoms with Crippen LogP contribution in [-0.4, -0.2) is 26.8 Å². The molecule has 1 aromatic heterocycles. The standard InChI is InChI=1S/C20H17N3O2S/c1-3-13(2)17-10-9-15(21-17)11-16-18(24)22-20(26)23(19(16)25)12-14-7-5-4-6-8-14/h3-11,21H,1-2,12H2,(H,22,24,26)/b16-11+. The van der Waals surface area contributed by atoms with Gasteiger partial charge in [0.2, 0.25) is 0 Å². The van der Waals surface area contributed by atoms with E-state index in [0.29, 0.717) is 12.2 Å². The van der Waals surface area contributed by atoms with Crippen LogP contribution in [-0.2, 0) is 16.1 Å². The number of thiocarbonyl (C=S) groups is 1. The van der Waals surface area contributed by atoms with Gasteiger partial charge in [-0.15, -0.1) is 0 Å². The summed E-state index contributed by atoms with van der Waals surface area (Å²) in [5.41, 5.74) is 3.05. The highest BCUT2D eigenvalue weighted by atomic mass is 32.1. The van der Waals surface area contributed by atoms with Gasteiger partial charge in [0.25, 0.3) is 11.8 Å². The second-order valence-corrected chi connectivity index (χ2v) is 6.14. The number of carbonyl (C=O) groups is 2. The van der Waals surface area contributed by atoms with Gasteiger partial charge in [0.1, 0.15) is 5.57 Å². The summed E-state index contributed by atoms with van der Waals surface area (Å²) in [6.07, 6.45) is 3.14. The number of nitrogens with one attached hydrogen (secondary N) is 2. The fourth-order valence-electron chi connectivity index (χ4n) is 2.55. The van der Waals surface area contributed by atoms with E-state index >= 15 is 0 Å². The Morgan fingerprint density at radius 2 is 1.88 bits per heavy atom. The van der Waals surface area contributed by atoms with Crippen LogP contribution < -0.4 is 5.32 Å².